The molecule has 1 heterocycles. The highest BCUT2D eigenvalue weighted by molar-refractivity contribution is 5.36. The van der Waals surface area contributed by atoms with E-state index in [4.69, 9.17) is 15.2 Å². The van der Waals surface area contributed by atoms with E-state index in [1.807, 2.05) is 6.07 Å². The Morgan fingerprint density at radius 3 is 2.67 bits per heavy atom. The standard InChI is InChI=1S/C15H21NO2/c16-15(7-8-15)11-12-3-1-2-4-14(12)18-13-5-9-17-10-6-13/h1-4,13H,5-11,16H2. The number of rotatable bonds is 4. The van der Waals surface area contributed by atoms with E-state index in [9.17, 15) is 0 Å². The van der Waals surface area contributed by atoms with Gasteiger partial charge in [-0.25, -0.2) is 0 Å². The third kappa shape index (κ3) is 2.85. The number of nitrogens with two attached hydrogens (primary N) is 1. The van der Waals surface area contributed by atoms with E-state index < -0.39 is 0 Å². The van der Waals surface area contributed by atoms with E-state index in [0.717, 1.165) is 51.1 Å². The monoisotopic (exact) mass is 247 g/mol. The van der Waals surface area contributed by atoms with E-state index in [2.05, 4.69) is 18.2 Å². The zero-order valence-electron chi connectivity index (χ0n) is 10.7. The van der Waals surface area contributed by atoms with Gasteiger partial charge < -0.3 is 15.2 Å². The summed E-state index contributed by atoms with van der Waals surface area (Å²) in [4.78, 5) is 0. The molecule has 1 aliphatic carbocycles. The number of ether oxygens (including phenoxy) is 2. The number of hydrogen-bond acceptors (Lipinski definition) is 3. The van der Waals surface area contributed by atoms with Gasteiger partial charge in [0.15, 0.2) is 0 Å². The second kappa shape index (κ2) is 4.90. The number of benzene rings is 1. The first-order valence-electron chi connectivity index (χ1n) is 6.86. The van der Waals surface area contributed by atoms with Crippen LogP contribution in [0.25, 0.3) is 0 Å². The Bertz CT molecular complexity index is 409. The SMILES string of the molecule is NC1(Cc2ccccc2OC2CCOCC2)CC1. The van der Waals surface area contributed by atoms with Gasteiger partial charge >= 0.3 is 0 Å². The lowest BCUT2D eigenvalue weighted by atomic mass is 10.0. The maximum atomic E-state index is 6.21. The van der Waals surface area contributed by atoms with Crippen molar-refractivity contribution in [2.24, 2.45) is 5.73 Å². The minimum absolute atomic E-state index is 0.0368. The molecule has 0 spiro atoms. The number of para-hydroxylation sites is 1. The second-order valence-electron chi connectivity index (χ2n) is 5.58. The van der Waals surface area contributed by atoms with Crippen molar-refractivity contribution >= 4 is 0 Å². The summed E-state index contributed by atoms with van der Waals surface area (Å²) in [5, 5.41) is 0. The van der Waals surface area contributed by atoms with Gasteiger partial charge in [-0.3, -0.25) is 0 Å². The molecule has 1 aliphatic heterocycles. The molecule has 0 atom stereocenters. The van der Waals surface area contributed by atoms with E-state index in [-0.39, 0.29) is 5.54 Å². The summed E-state index contributed by atoms with van der Waals surface area (Å²) in [5.41, 5.74) is 7.50. The molecule has 0 aromatic heterocycles. The molecule has 2 N–H and O–H groups in total. The summed E-state index contributed by atoms with van der Waals surface area (Å²) < 4.78 is 11.5. The van der Waals surface area contributed by atoms with Crippen molar-refractivity contribution in [2.45, 2.75) is 43.7 Å². The van der Waals surface area contributed by atoms with Gasteiger partial charge in [-0.05, 0) is 30.9 Å². The summed E-state index contributed by atoms with van der Waals surface area (Å²) >= 11 is 0. The summed E-state index contributed by atoms with van der Waals surface area (Å²) in [5.74, 6) is 1.01. The Morgan fingerprint density at radius 1 is 1.22 bits per heavy atom. The van der Waals surface area contributed by atoms with Crippen LogP contribution in [0, 0.1) is 0 Å². The molecular weight excluding hydrogens is 226 g/mol. The molecule has 98 valence electrons. The maximum absolute atomic E-state index is 6.21. The van der Waals surface area contributed by atoms with Crippen molar-refractivity contribution in [2.75, 3.05) is 13.2 Å². The smallest absolute Gasteiger partial charge is 0.122 e. The van der Waals surface area contributed by atoms with Crippen LogP contribution in [0.1, 0.15) is 31.2 Å². The van der Waals surface area contributed by atoms with E-state index in [1.165, 1.54) is 5.56 Å². The van der Waals surface area contributed by atoms with Crippen LogP contribution in [0.2, 0.25) is 0 Å². The van der Waals surface area contributed by atoms with Gasteiger partial charge in [0, 0.05) is 18.4 Å². The third-order valence-corrected chi connectivity index (χ3v) is 3.87. The first-order valence-corrected chi connectivity index (χ1v) is 6.86. The average molecular weight is 247 g/mol. The van der Waals surface area contributed by atoms with E-state index >= 15 is 0 Å². The van der Waals surface area contributed by atoms with Gasteiger partial charge in [-0.15, -0.1) is 0 Å². The predicted molar refractivity (Wildman–Crippen MR) is 70.8 cm³/mol. The van der Waals surface area contributed by atoms with Crippen molar-refractivity contribution < 1.29 is 9.47 Å². The molecule has 3 rings (SSSR count). The van der Waals surface area contributed by atoms with Gasteiger partial charge in [0.05, 0.1) is 13.2 Å². The lowest BCUT2D eigenvalue weighted by Gasteiger charge is -2.25. The predicted octanol–water partition coefficient (Wildman–Crippen LogP) is 2.28. The van der Waals surface area contributed by atoms with Crippen LogP contribution >= 0.6 is 0 Å². The maximum Gasteiger partial charge on any atom is 0.122 e. The largest absolute Gasteiger partial charge is 0.490 e. The summed E-state index contributed by atoms with van der Waals surface area (Å²) in [7, 11) is 0. The van der Waals surface area contributed by atoms with Gasteiger partial charge in [-0.2, -0.15) is 0 Å². The van der Waals surface area contributed by atoms with Gasteiger partial charge in [0.1, 0.15) is 11.9 Å². The fourth-order valence-corrected chi connectivity index (χ4v) is 2.45. The van der Waals surface area contributed by atoms with Crippen LogP contribution in [-0.4, -0.2) is 24.9 Å². The van der Waals surface area contributed by atoms with Crippen molar-refractivity contribution in [3.8, 4) is 5.75 Å². The molecule has 3 nitrogen and oxygen atoms in total. The Labute approximate surface area is 108 Å². The molecule has 1 aromatic rings. The molecule has 1 aromatic carbocycles. The molecule has 0 radical (unpaired) electrons. The van der Waals surface area contributed by atoms with Gasteiger partial charge in [-0.1, -0.05) is 18.2 Å². The third-order valence-electron chi connectivity index (χ3n) is 3.87. The van der Waals surface area contributed by atoms with Crippen LogP contribution in [-0.2, 0) is 11.2 Å². The zero-order valence-corrected chi connectivity index (χ0v) is 10.7. The van der Waals surface area contributed by atoms with Crippen molar-refractivity contribution in [3.63, 3.8) is 0 Å². The van der Waals surface area contributed by atoms with Crippen molar-refractivity contribution in [1.29, 1.82) is 0 Å². The molecule has 18 heavy (non-hydrogen) atoms. The van der Waals surface area contributed by atoms with Gasteiger partial charge in [0.25, 0.3) is 0 Å². The van der Waals surface area contributed by atoms with Crippen LogP contribution in [0.3, 0.4) is 0 Å². The first kappa shape index (κ1) is 12.0. The average Bonchev–Trinajstić information content (AvgIpc) is 3.11. The molecule has 2 fully saturated rings. The van der Waals surface area contributed by atoms with Gasteiger partial charge in [0.2, 0.25) is 0 Å². The Kier molecular flexibility index (Phi) is 3.27. The zero-order chi connectivity index (χ0) is 12.4. The quantitative estimate of drug-likeness (QED) is 0.887. The molecule has 1 saturated carbocycles. The fraction of sp³-hybridized carbons (Fsp3) is 0.600. The van der Waals surface area contributed by atoms with Crippen LogP contribution < -0.4 is 10.5 Å². The van der Waals surface area contributed by atoms with Crippen LogP contribution in [0.4, 0.5) is 0 Å². The molecular formula is C15H21NO2. The minimum atomic E-state index is 0.0368. The molecule has 0 amide bonds. The van der Waals surface area contributed by atoms with Crippen LogP contribution in [0.5, 0.6) is 5.75 Å². The molecule has 2 aliphatic rings. The van der Waals surface area contributed by atoms with E-state index in [1.54, 1.807) is 0 Å². The first-order chi connectivity index (χ1) is 8.75. The number of hydrogen-bond donors (Lipinski definition) is 1. The second-order valence-corrected chi connectivity index (χ2v) is 5.58. The van der Waals surface area contributed by atoms with Crippen molar-refractivity contribution in [1.82, 2.24) is 0 Å². The van der Waals surface area contributed by atoms with E-state index in [0.29, 0.717) is 6.10 Å². The lowest BCUT2D eigenvalue weighted by Crippen LogP contribution is -2.28. The lowest BCUT2D eigenvalue weighted by molar-refractivity contribution is 0.0251. The minimum Gasteiger partial charge on any atom is -0.490 e. The highest BCUT2D eigenvalue weighted by Gasteiger charge is 2.38. The fourth-order valence-electron chi connectivity index (χ4n) is 2.45. The molecule has 3 heteroatoms. The molecule has 1 saturated heterocycles. The molecule has 0 bridgehead atoms. The highest BCUT2D eigenvalue weighted by atomic mass is 16.5. The summed E-state index contributed by atoms with van der Waals surface area (Å²) in [6.45, 7) is 1.63. The Balaban J connectivity index is 1.69. The van der Waals surface area contributed by atoms with Crippen LogP contribution in [0.15, 0.2) is 24.3 Å². The van der Waals surface area contributed by atoms with Crippen molar-refractivity contribution in [3.05, 3.63) is 29.8 Å². The highest BCUT2D eigenvalue weighted by Crippen LogP contribution is 2.38. The normalized spacial score (nSPS) is 22.7. The molecule has 0 unspecified atom stereocenters. The summed E-state index contributed by atoms with van der Waals surface area (Å²) in [6, 6.07) is 8.31. The summed E-state index contributed by atoms with van der Waals surface area (Å²) in [6.07, 6.45) is 5.49. The topological polar surface area (TPSA) is 44.5 Å². The Hall–Kier alpha value is -1.06. The Morgan fingerprint density at radius 2 is 1.94 bits per heavy atom.